The first kappa shape index (κ1) is 15.3. The number of nitrogens with one attached hydrogen (secondary N) is 1. The van der Waals surface area contributed by atoms with E-state index in [-0.39, 0.29) is 0 Å². The summed E-state index contributed by atoms with van der Waals surface area (Å²) in [5.74, 6) is 0. The van der Waals surface area contributed by atoms with Crippen LogP contribution in [0.3, 0.4) is 0 Å². The molecule has 2 atom stereocenters. The van der Waals surface area contributed by atoms with Crippen LogP contribution in [0, 0.1) is 0 Å². The largest absolute Gasteiger partial charge is 0.366 e. The molecule has 0 radical (unpaired) electrons. The quantitative estimate of drug-likeness (QED) is 0.901. The van der Waals surface area contributed by atoms with Crippen molar-refractivity contribution in [2.45, 2.75) is 44.8 Å². The lowest BCUT2D eigenvalue weighted by Crippen LogP contribution is -2.59. The Bertz CT molecular complexity index is 491. The molecule has 21 heavy (non-hydrogen) atoms. The number of hydrogen-bond acceptors (Lipinski definition) is 3. The van der Waals surface area contributed by atoms with Gasteiger partial charge in [-0.15, -0.1) is 0 Å². The number of anilines is 1. The van der Waals surface area contributed by atoms with E-state index in [1.807, 2.05) is 7.05 Å². The Morgan fingerprint density at radius 2 is 2.14 bits per heavy atom. The summed E-state index contributed by atoms with van der Waals surface area (Å²) in [6.07, 6.45) is 4.13. The number of piperazine rings is 1. The average molecular weight is 352 g/mol. The highest BCUT2D eigenvalue weighted by atomic mass is 79.9. The zero-order chi connectivity index (χ0) is 14.8. The molecule has 0 amide bonds. The Hall–Kier alpha value is -0.580. The van der Waals surface area contributed by atoms with Crippen LogP contribution in [0.5, 0.6) is 0 Å². The molecule has 3 nitrogen and oxygen atoms in total. The Labute approximate surface area is 136 Å². The molecule has 4 heteroatoms. The minimum Gasteiger partial charge on any atom is -0.366 e. The van der Waals surface area contributed by atoms with E-state index in [0.717, 1.165) is 12.6 Å². The van der Waals surface area contributed by atoms with Gasteiger partial charge in [-0.3, -0.25) is 4.90 Å². The Morgan fingerprint density at radius 1 is 1.29 bits per heavy atom. The van der Waals surface area contributed by atoms with Gasteiger partial charge in [-0.25, -0.2) is 0 Å². The van der Waals surface area contributed by atoms with Crippen molar-refractivity contribution >= 4 is 21.6 Å². The summed E-state index contributed by atoms with van der Waals surface area (Å²) in [4.78, 5) is 5.34. The van der Waals surface area contributed by atoms with E-state index >= 15 is 0 Å². The molecule has 0 saturated carbocycles. The number of halogens is 1. The molecule has 1 aromatic rings. The van der Waals surface area contributed by atoms with Gasteiger partial charge in [0, 0.05) is 41.9 Å². The van der Waals surface area contributed by atoms with Crippen molar-refractivity contribution in [3.05, 3.63) is 28.2 Å². The molecule has 3 rings (SSSR count). The van der Waals surface area contributed by atoms with Crippen LogP contribution in [-0.4, -0.2) is 43.7 Å². The van der Waals surface area contributed by atoms with Crippen LogP contribution < -0.4 is 10.2 Å². The molecule has 1 N–H and O–H groups in total. The van der Waals surface area contributed by atoms with Gasteiger partial charge in [0.05, 0.1) is 0 Å². The lowest BCUT2D eigenvalue weighted by Gasteiger charge is -2.49. The van der Waals surface area contributed by atoms with Gasteiger partial charge in [-0.1, -0.05) is 28.4 Å². The van der Waals surface area contributed by atoms with Crippen LogP contribution in [0.2, 0.25) is 0 Å². The predicted molar refractivity (Wildman–Crippen MR) is 92.9 cm³/mol. The standard InChI is InChI=1S/C17H26BrN3/c1-13-11-20-8-4-3-5-16(20)12-21(13)17-9-15(18)7-6-14(17)10-19-2/h6-7,9,13,16,19H,3-5,8,10-12H2,1-2H3. The Balaban J connectivity index is 1.86. The molecule has 0 bridgehead atoms. The molecular weight excluding hydrogens is 326 g/mol. The maximum atomic E-state index is 3.65. The van der Waals surface area contributed by atoms with E-state index in [9.17, 15) is 0 Å². The van der Waals surface area contributed by atoms with Crippen molar-refractivity contribution in [2.24, 2.45) is 0 Å². The lowest BCUT2D eigenvalue weighted by atomic mass is 9.96. The van der Waals surface area contributed by atoms with E-state index in [1.54, 1.807) is 0 Å². The van der Waals surface area contributed by atoms with Crippen molar-refractivity contribution < 1.29 is 0 Å². The SMILES string of the molecule is CNCc1ccc(Br)cc1N1CC2CCCCN2CC1C. The first-order chi connectivity index (χ1) is 10.2. The summed E-state index contributed by atoms with van der Waals surface area (Å²) in [5.41, 5.74) is 2.80. The molecule has 2 heterocycles. The van der Waals surface area contributed by atoms with Crippen molar-refractivity contribution in [3.8, 4) is 0 Å². The van der Waals surface area contributed by atoms with Crippen LogP contribution in [0.4, 0.5) is 5.69 Å². The monoisotopic (exact) mass is 351 g/mol. The molecule has 2 unspecified atom stereocenters. The minimum atomic E-state index is 0.587. The zero-order valence-corrected chi connectivity index (χ0v) is 14.7. The molecule has 0 spiro atoms. The van der Waals surface area contributed by atoms with Crippen molar-refractivity contribution in [1.82, 2.24) is 10.2 Å². The van der Waals surface area contributed by atoms with E-state index in [4.69, 9.17) is 0 Å². The van der Waals surface area contributed by atoms with Gasteiger partial charge in [0.2, 0.25) is 0 Å². The third-order valence-electron chi connectivity index (χ3n) is 4.91. The van der Waals surface area contributed by atoms with Crippen molar-refractivity contribution in [1.29, 1.82) is 0 Å². The topological polar surface area (TPSA) is 18.5 Å². The summed E-state index contributed by atoms with van der Waals surface area (Å²) < 4.78 is 1.18. The molecule has 2 saturated heterocycles. The molecule has 2 aliphatic heterocycles. The summed E-state index contributed by atoms with van der Waals surface area (Å²) in [6, 6.07) is 8.02. The fraction of sp³-hybridized carbons (Fsp3) is 0.647. The molecule has 116 valence electrons. The zero-order valence-electron chi connectivity index (χ0n) is 13.1. The fourth-order valence-electron chi connectivity index (χ4n) is 3.83. The van der Waals surface area contributed by atoms with E-state index < -0.39 is 0 Å². The van der Waals surface area contributed by atoms with Gasteiger partial charge in [0.1, 0.15) is 0 Å². The highest BCUT2D eigenvalue weighted by Gasteiger charge is 2.33. The van der Waals surface area contributed by atoms with E-state index in [0.29, 0.717) is 6.04 Å². The maximum Gasteiger partial charge on any atom is 0.0426 e. The molecule has 2 fully saturated rings. The Kier molecular flexibility index (Phi) is 4.87. The van der Waals surface area contributed by atoms with Crippen LogP contribution in [-0.2, 0) is 6.54 Å². The Morgan fingerprint density at radius 3 is 2.95 bits per heavy atom. The number of rotatable bonds is 3. The number of piperidine rings is 1. The van der Waals surface area contributed by atoms with Gasteiger partial charge in [0.25, 0.3) is 0 Å². The number of benzene rings is 1. The number of fused-ring (bicyclic) bond motifs is 1. The minimum absolute atomic E-state index is 0.587. The smallest absolute Gasteiger partial charge is 0.0426 e. The van der Waals surface area contributed by atoms with Crippen LogP contribution in [0.15, 0.2) is 22.7 Å². The van der Waals surface area contributed by atoms with Gasteiger partial charge in [0.15, 0.2) is 0 Å². The highest BCUT2D eigenvalue weighted by Crippen LogP contribution is 2.32. The average Bonchev–Trinajstić information content (AvgIpc) is 2.49. The third-order valence-corrected chi connectivity index (χ3v) is 5.40. The first-order valence-electron chi connectivity index (χ1n) is 8.12. The van der Waals surface area contributed by atoms with E-state index in [1.165, 1.54) is 54.6 Å². The lowest BCUT2D eigenvalue weighted by molar-refractivity contribution is 0.115. The maximum absolute atomic E-state index is 3.65. The second kappa shape index (κ2) is 6.67. The van der Waals surface area contributed by atoms with Gasteiger partial charge >= 0.3 is 0 Å². The molecule has 0 aliphatic carbocycles. The van der Waals surface area contributed by atoms with Crippen LogP contribution in [0.25, 0.3) is 0 Å². The third kappa shape index (κ3) is 3.27. The fourth-order valence-corrected chi connectivity index (χ4v) is 4.18. The summed E-state index contributed by atoms with van der Waals surface area (Å²) in [7, 11) is 2.02. The first-order valence-corrected chi connectivity index (χ1v) is 8.92. The molecule has 0 aromatic heterocycles. The predicted octanol–water partition coefficient (Wildman–Crippen LogP) is 3.23. The number of nitrogens with zero attached hydrogens (tertiary/aromatic N) is 2. The second-order valence-electron chi connectivity index (χ2n) is 6.45. The summed E-state index contributed by atoms with van der Waals surface area (Å²) in [6.45, 7) is 6.98. The van der Waals surface area contributed by atoms with Gasteiger partial charge in [-0.05, 0) is 51.1 Å². The van der Waals surface area contributed by atoms with Crippen LogP contribution in [0.1, 0.15) is 31.7 Å². The van der Waals surface area contributed by atoms with E-state index in [2.05, 4.69) is 56.2 Å². The normalized spacial score (nSPS) is 26.7. The number of hydrogen-bond donors (Lipinski definition) is 1. The molecule has 1 aromatic carbocycles. The van der Waals surface area contributed by atoms with Gasteiger partial charge < -0.3 is 10.2 Å². The second-order valence-corrected chi connectivity index (χ2v) is 7.36. The van der Waals surface area contributed by atoms with Crippen molar-refractivity contribution in [3.63, 3.8) is 0 Å². The highest BCUT2D eigenvalue weighted by molar-refractivity contribution is 9.10. The molecular formula is C17H26BrN3. The van der Waals surface area contributed by atoms with Gasteiger partial charge in [-0.2, -0.15) is 0 Å². The summed E-state index contributed by atoms with van der Waals surface area (Å²) >= 11 is 3.65. The van der Waals surface area contributed by atoms with Crippen molar-refractivity contribution in [2.75, 3.05) is 31.6 Å². The van der Waals surface area contributed by atoms with Crippen LogP contribution >= 0.6 is 15.9 Å². The summed E-state index contributed by atoms with van der Waals surface area (Å²) in [5, 5.41) is 3.30. The molecule has 2 aliphatic rings.